The number of hydrogen-bond donors (Lipinski definition) is 1. The van der Waals surface area contributed by atoms with Gasteiger partial charge in [-0.25, -0.2) is 5.43 Å². The molecule has 1 amide bonds. The summed E-state index contributed by atoms with van der Waals surface area (Å²) in [6.07, 6.45) is 0.893. The van der Waals surface area contributed by atoms with Gasteiger partial charge in [0.15, 0.2) is 6.10 Å². The van der Waals surface area contributed by atoms with E-state index < -0.39 is 6.10 Å². The van der Waals surface area contributed by atoms with Gasteiger partial charge in [-0.15, -0.1) is 0 Å². The molecular weight excluding hydrogens is 368 g/mol. The summed E-state index contributed by atoms with van der Waals surface area (Å²) >= 11 is 9.13. The highest BCUT2D eigenvalue weighted by atomic mass is 79.9. The van der Waals surface area contributed by atoms with Gasteiger partial charge >= 0.3 is 0 Å². The fraction of sp³-hybridized carbons (Fsp3) is 0.125. The van der Waals surface area contributed by atoms with E-state index in [0.717, 1.165) is 10.0 Å². The molecule has 0 heterocycles. The second-order valence-corrected chi connectivity index (χ2v) is 5.85. The largest absolute Gasteiger partial charge is 0.481 e. The van der Waals surface area contributed by atoms with Crippen LogP contribution in [-0.2, 0) is 4.79 Å². The van der Waals surface area contributed by atoms with Crippen molar-refractivity contribution in [2.75, 3.05) is 0 Å². The molecule has 0 aliphatic carbocycles. The quantitative estimate of drug-likeness (QED) is 0.628. The molecule has 0 saturated carbocycles. The summed E-state index contributed by atoms with van der Waals surface area (Å²) < 4.78 is 6.47. The molecule has 0 radical (unpaired) electrons. The third-order valence-corrected chi connectivity index (χ3v) is 3.53. The third-order valence-electron chi connectivity index (χ3n) is 2.75. The lowest BCUT2D eigenvalue weighted by atomic mass is 10.2. The van der Waals surface area contributed by atoms with Crippen molar-refractivity contribution in [1.29, 1.82) is 0 Å². The zero-order valence-electron chi connectivity index (χ0n) is 11.8. The van der Waals surface area contributed by atoms with Crippen molar-refractivity contribution >= 4 is 39.7 Å². The van der Waals surface area contributed by atoms with Gasteiger partial charge in [0.05, 0.1) is 6.21 Å². The molecule has 0 bridgehead atoms. The van der Waals surface area contributed by atoms with Crippen LogP contribution in [0.3, 0.4) is 0 Å². The number of hydrazone groups is 1. The zero-order chi connectivity index (χ0) is 15.9. The number of ether oxygens (including phenoxy) is 1. The Morgan fingerprint density at radius 3 is 2.50 bits per heavy atom. The van der Waals surface area contributed by atoms with Crippen LogP contribution in [0.1, 0.15) is 12.5 Å². The average Bonchev–Trinajstić information content (AvgIpc) is 2.51. The maximum absolute atomic E-state index is 11.9. The highest BCUT2D eigenvalue weighted by molar-refractivity contribution is 9.10. The number of hydrogen-bond acceptors (Lipinski definition) is 3. The van der Waals surface area contributed by atoms with Crippen molar-refractivity contribution in [2.24, 2.45) is 5.10 Å². The lowest BCUT2D eigenvalue weighted by molar-refractivity contribution is -0.127. The van der Waals surface area contributed by atoms with Gasteiger partial charge in [-0.1, -0.05) is 39.7 Å². The number of benzene rings is 2. The second kappa shape index (κ2) is 7.96. The van der Waals surface area contributed by atoms with E-state index in [1.807, 2.05) is 12.1 Å². The van der Waals surface area contributed by atoms with E-state index >= 15 is 0 Å². The normalized spacial score (nSPS) is 12.1. The molecule has 0 aliphatic heterocycles. The summed E-state index contributed by atoms with van der Waals surface area (Å²) in [5.41, 5.74) is 3.28. The molecule has 1 atom stereocenters. The van der Waals surface area contributed by atoms with E-state index in [0.29, 0.717) is 10.8 Å². The molecule has 0 aromatic heterocycles. The van der Waals surface area contributed by atoms with Gasteiger partial charge in [-0.3, -0.25) is 4.79 Å². The predicted molar refractivity (Wildman–Crippen MR) is 91.4 cm³/mol. The second-order valence-electron chi connectivity index (χ2n) is 4.50. The van der Waals surface area contributed by atoms with Crippen molar-refractivity contribution < 1.29 is 9.53 Å². The van der Waals surface area contributed by atoms with Crippen molar-refractivity contribution in [3.63, 3.8) is 0 Å². The Hall–Kier alpha value is -1.85. The molecule has 0 saturated heterocycles. The number of rotatable bonds is 5. The minimum absolute atomic E-state index is 0.326. The first-order chi connectivity index (χ1) is 10.5. The van der Waals surface area contributed by atoms with Crippen LogP contribution in [-0.4, -0.2) is 18.2 Å². The Kier molecular flexibility index (Phi) is 5.98. The number of carbonyl (C=O) groups excluding carboxylic acids is 1. The fourth-order valence-electron chi connectivity index (χ4n) is 1.58. The molecular formula is C16H14BrClN2O2. The van der Waals surface area contributed by atoms with Gasteiger partial charge < -0.3 is 4.74 Å². The van der Waals surface area contributed by atoms with Crippen LogP contribution < -0.4 is 10.2 Å². The Balaban J connectivity index is 1.85. The SMILES string of the molecule is C[C@@H](Oc1ccc(Br)cc1)C(=O)N/N=C\c1ccc(Cl)cc1. The average molecular weight is 382 g/mol. The monoisotopic (exact) mass is 380 g/mol. The number of halogens is 2. The summed E-state index contributed by atoms with van der Waals surface area (Å²) in [6.45, 7) is 1.66. The van der Waals surface area contributed by atoms with Gasteiger partial charge in [-0.05, 0) is 48.9 Å². The number of nitrogens with zero attached hydrogens (tertiary/aromatic N) is 1. The Morgan fingerprint density at radius 2 is 1.86 bits per heavy atom. The van der Waals surface area contributed by atoms with Gasteiger partial charge in [0.2, 0.25) is 0 Å². The Labute approximate surface area is 142 Å². The predicted octanol–water partition coefficient (Wildman–Crippen LogP) is 4.02. The van der Waals surface area contributed by atoms with Crippen LogP contribution in [0.2, 0.25) is 5.02 Å². The molecule has 22 heavy (non-hydrogen) atoms. The molecule has 4 nitrogen and oxygen atoms in total. The summed E-state index contributed by atoms with van der Waals surface area (Å²) in [5.74, 6) is 0.292. The molecule has 2 aromatic rings. The third kappa shape index (κ3) is 5.16. The van der Waals surface area contributed by atoms with Gasteiger partial charge in [-0.2, -0.15) is 5.10 Å². The minimum atomic E-state index is -0.649. The van der Waals surface area contributed by atoms with Crippen LogP contribution in [0.15, 0.2) is 58.1 Å². The van der Waals surface area contributed by atoms with Crippen LogP contribution in [0.25, 0.3) is 0 Å². The fourth-order valence-corrected chi connectivity index (χ4v) is 1.97. The number of carbonyl (C=O) groups is 1. The first kappa shape index (κ1) is 16.5. The van der Waals surface area contributed by atoms with E-state index in [2.05, 4.69) is 26.5 Å². The first-order valence-electron chi connectivity index (χ1n) is 6.55. The maximum atomic E-state index is 11.9. The topological polar surface area (TPSA) is 50.7 Å². The maximum Gasteiger partial charge on any atom is 0.280 e. The lowest BCUT2D eigenvalue weighted by Gasteiger charge is -2.12. The standard InChI is InChI=1S/C16H14BrClN2O2/c1-11(22-15-8-4-13(17)5-9-15)16(21)20-19-10-12-2-6-14(18)7-3-12/h2-11H,1H3,(H,20,21)/b19-10-/t11-/m1/s1. The lowest BCUT2D eigenvalue weighted by Crippen LogP contribution is -2.33. The highest BCUT2D eigenvalue weighted by Gasteiger charge is 2.13. The van der Waals surface area contributed by atoms with E-state index in [9.17, 15) is 4.79 Å². The van der Waals surface area contributed by atoms with Crippen LogP contribution in [0.4, 0.5) is 0 Å². The molecule has 114 valence electrons. The van der Waals surface area contributed by atoms with E-state index in [1.165, 1.54) is 0 Å². The smallest absolute Gasteiger partial charge is 0.280 e. The molecule has 2 aromatic carbocycles. The Morgan fingerprint density at radius 1 is 1.23 bits per heavy atom. The van der Waals surface area contributed by atoms with Gasteiger partial charge in [0, 0.05) is 9.50 Å². The van der Waals surface area contributed by atoms with Crippen molar-refractivity contribution in [2.45, 2.75) is 13.0 Å². The molecule has 0 aliphatic rings. The summed E-state index contributed by atoms with van der Waals surface area (Å²) in [5, 5.41) is 4.54. The minimum Gasteiger partial charge on any atom is -0.481 e. The summed E-state index contributed by atoms with van der Waals surface area (Å²) in [4.78, 5) is 11.9. The molecule has 0 fully saturated rings. The summed E-state index contributed by atoms with van der Waals surface area (Å²) in [7, 11) is 0. The summed E-state index contributed by atoms with van der Waals surface area (Å²) in [6, 6.07) is 14.4. The van der Waals surface area contributed by atoms with Crippen LogP contribution in [0.5, 0.6) is 5.75 Å². The first-order valence-corrected chi connectivity index (χ1v) is 7.72. The number of nitrogens with one attached hydrogen (secondary N) is 1. The van der Waals surface area contributed by atoms with Crippen LogP contribution in [0, 0.1) is 0 Å². The molecule has 1 N–H and O–H groups in total. The van der Waals surface area contributed by atoms with E-state index in [4.69, 9.17) is 16.3 Å². The zero-order valence-corrected chi connectivity index (χ0v) is 14.1. The molecule has 0 spiro atoms. The van der Waals surface area contributed by atoms with E-state index in [-0.39, 0.29) is 5.91 Å². The molecule has 0 unspecified atom stereocenters. The van der Waals surface area contributed by atoms with Crippen molar-refractivity contribution in [1.82, 2.24) is 5.43 Å². The van der Waals surface area contributed by atoms with Gasteiger partial charge in [0.25, 0.3) is 5.91 Å². The molecule has 6 heteroatoms. The molecule has 2 rings (SSSR count). The Bertz CT molecular complexity index is 657. The van der Waals surface area contributed by atoms with Crippen molar-refractivity contribution in [3.8, 4) is 5.75 Å². The van der Waals surface area contributed by atoms with Gasteiger partial charge in [0.1, 0.15) is 5.75 Å². The van der Waals surface area contributed by atoms with E-state index in [1.54, 1.807) is 49.5 Å². The number of amides is 1. The highest BCUT2D eigenvalue weighted by Crippen LogP contribution is 2.17. The van der Waals surface area contributed by atoms with Crippen LogP contribution >= 0.6 is 27.5 Å². The van der Waals surface area contributed by atoms with Crippen molar-refractivity contribution in [3.05, 3.63) is 63.6 Å².